The Balaban J connectivity index is 1.70. The molecule has 2 fully saturated rings. The Labute approximate surface area is 194 Å². The SMILES string of the molecule is CC(=O)N1CCN(c2nc(C)nc3c2nc(-c2ccccc2C(F)(F)F)n3C2CCOC2)CC1. The van der Waals surface area contributed by atoms with Crippen LogP contribution in [0.2, 0.25) is 0 Å². The number of amides is 1. The van der Waals surface area contributed by atoms with Crippen LogP contribution in [0.1, 0.15) is 30.8 Å². The van der Waals surface area contributed by atoms with Gasteiger partial charge in [0, 0.05) is 45.3 Å². The van der Waals surface area contributed by atoms with Crippen LogP contribution in [0.5, 0.6) is 0 Å². The molecule has 1 amide bonds. The lowest BCUT2D eigenvalue weighted by Gasteiger charge is -2.35. The van der Waals surface area contributed by atoms with Crippen LogP contribution >= 0.6 is 0 Å². The van der Waals surface area contributed by atoms with E-state index < -0.39 is 11.7 Å². The quantitative estimate of drug-likeness (QED) is 0.579. The first-order chi connectivity index (χ1) is 16.2. The van der Waals surface area contributed by atoms with Gasteiger partial charge in [0.05, 0.1) is 18.2 Å². The van der Waals surface area contributed by atoms with Gasteiger partial charge >= 0.3 is 6.18 Å². The molecule has 2 saturated heterocycles. The van der Waals surface area contributed by atoms with Crippen LogP contribution in [-0.4, -0.2) is 69.7 Å². The van der Waals surface area contributed by atoms with Gasteiger partial charge in [0.1, 0.15) is 11.6 Å². The molecule has 1 atom stereocenters. The second-order valence-electron chi connectivity index (χ2n) is 8.63. The van der Waals surface area contributed by atoms with Gasteiger partial charge in [-0.25, -0.2) is 15.0 Å². The number of piperazine rings is 1. The zero-order chi connectivity index (χ0) is 24.0. The minimum absolute atomic E-state index is 0.00454. The average molecular weight is 474 g/mol. The molecule has 0 bridgehead atoms. The molecule has 2 aromatic heterocycles. The number of hydrogen-bond acceptors (Lipinski definition) is 6. The summed E-state index contributed by atoms with van der Waals surface area (Å²) in [6, 6.07) is 5.29. The number of carbonyl (C=O) groups is 1. The van der Waals surface area contributed by atoms with Crippen molar-refractivity contribution in [2.45, 2.75) is 32.5 Å². The molecule has 5 rings (SSSR count). The van der Waals surface area contributed by atoms with E-state index in [0.717, 1.165) is 6.07 Å². The molecule has 3 aromatic rings. The van der Waals surface area contributed by atoms with Gasteiger partial charge in [0.2, 0.25) is 5.91 Å². The molecule has 11 heteroatoms. The molecule has 1 unspecified atom stereocenters. The molecule has 0 aliphatic carbocycles. The van der Waals surface area contributed by atoms with Crippen molar-refractivity contribution in [3.05, 3.63) is 35.7 Å². The lowest BCUT2D eigenvalue weighted by molar-refractivity contribution is -0.137. The largest absolute Gasteiger partial charge is 0.417 e. The van der Waals surface area contributed by atoms with Crippen LogP contribution in [0.4, 0.5) is 19.0 Å². The summed E-state index contributed by atoms with van der Waals surface area (Å²) in [7, 11) is 0. The van der Waals surface area contributed by atoms with Gasteiger partial charge in [-0.05, 0) is 19.4 Å². The molecule has 4 heterocycles. The summed E-state index contributed by atoms with van der Waals surface area (Å²) in [5.41, 5.74) is 0.219. The van der Waals surface area contributed by atoms with Gasteiger partial charge in [-0.15, -0.1) is 0 Å². The van der Waals surface area contributed by atoms with Gasteiger partial charge in [-0.2, -0.15) is 13.2 Å². The molecule has 0 saturated carbocycles. The summed E-state index contributed by atoms with van der Waals surface area (Å²) in [6.07, 6.45) is -3.87. The highest BCUT2D eigenvalue weighted by Gasteiger charge is 2.36. The number of fused-ring (bicyclic) bond motifs is 1. The third-order valence-corrected chi connectivity index (χ3v) is 6.40. The number of ether oxygens (including phenoxy) is 1. The maximum Gasteiger partial charge on any atom is 0.417 e. The van der Waals surface area contributed by atoms with E-state index in [1.165, 1.54) is 12.1 Å². The predicted octanol–water partition coefficient (Wildman–Crippen LogP) is 3.45. The second-order valence-corrected chi connectivity index (χ2v) is 8.63. The van der Waals surface area contributed by atoms with E-state index in [2.05, 4.69) is 9.97 Å². The molecule has 0 N–H and O–H groups in total. The lowest BCUT2D eigenvalue weighted by atomic mass is 10.1. The summed E-state index contributed by atoms with van der Waals surface area (Å²) >= 11 is 0. The summed E-state index contributed by atoms with van der Waals surface area (Å²) < 4.78 is 49.1. The van der Waals surface area contributed by atoms with Crippen molar-refractivity contribution in [3.63, 3.8) is 0 Å². The van der Waals surface area contributed by atoms with Crippen molar-refractivity contribution in [2.75, 3.05) is 44.3 Å². The van der Waals surface area contributed by atoms with E-state index in [9.17, 15) is 18.0 Å². The van der Waals surface area contributed by atoms with E-state index in [0.29, 0.717) is 68.6 Å². The fourth-order valence-electron chi connectivity index (χ4n) is 4.71. The normalized spacial score (nSPS) is 19.3. The maximum absolute atomic E-state index is 13.9. The average Bonchev–Trinajstić information content (AvgIpc) is 3.45. The first kappa shape index (κ1) is 22.6. The van der Waals surface area contributed by atoms with Crippen LogP contribution in [0.3, 0.4) is 0 Å². The standard InChI is InChI=1S/C23H25F3N6O2/c1-14-27-21(31-10-8-30(9-11-31)15(2)33)19-22(28-14)32(16-7-12-34-13-16)20(29-19)17-5-3-4-6-18(17)23(24,25)26/h3-6,16H,7-13H2,1-2H3. The van der Waals surface area contributed by atoms with Crippen molar-refractivity contribution < 1.29 is 22.7 Å². The summed E-state index contributed by atoms with van der Waals surface area (Å²) in [6.45, 7) is 6.40. The number of alkyl halides is 3. The second kappa shape index (κ2) is 8.53. The van der Waals surface area contributed by atoms with Crippen LogP contribution in [-0.2, 0) is 15.7 Å². The van der Waals surface area contributed by atoms with Crippen molar-refractivity contribution in [2.24, 2.45) is 0 Å². The number of halogens is 3. The lowest BCUT2D eigenvalue weighted by Crippen LogP contribution is -2.48. The third kappa shape index (κ3) is 3.97. The summed E-state index contributed by atoms with van der Waals surface area (Å²) in [5.74, 6) is 1.31. The Bertz CT molecular complexity index is 1230. The number of hydrogen-bond donors (Lipinski definition) is 0. The van der Waals surface area contributed by atoms with Gasteiger partial charge in [-0.1, -0.05) is 18.2 Å². The monoisotopic (exact) mass is 474 g/mol. The number of aromatic nitrogens is 4. The topological polar surface area (TPSA) is 76.4 Å². The Morgan fingerprint density at radius 3 is 2.47 bits per heavy atom. The Hall–Kier alpha value is -3.21. The van der Waals surface area contributed by atoms with Crippen LogP contribution in [0.15, 0.2) is 24.3 Å². The fourth-order valence-corrected chi connectivity index (χ4v) is 4.71. The number of imidazole rings is 1. The van der Waals surface area contributed by atoms with Gasteiger partial charge in [0.15, 0.2) is 17.0 Å². The number of anilines is 1. The maximum atomic E-state index is 13.9. The molecular formula is C23H25F3N6O2. The highest BCUT2D eigenvalue weighted by Crippen LogP contribution is 2.40. The minimum Gasteiger partial charge on any atom is -0.379 e. The van der Waals surface area contributed by atoms with Gasteiger partial charge < -0.3 is 19.1 Å². The molecule has 8 nitrogen and oxygen atoms in total. The van der Waals surface area contributed by atoms with E-state index >= 15 is 0 Å². The summed E-state index contributed by atoms with van der Waals surface area (Å²) in [4.78, 5) is 29.5. The first-order valence-electron chi connectivity index (χ1n) is 11.3. The van der Waals surface area contributed by atoms with E-state index in [1.807, 2.05) is 4.90 Å². The smallest absolute Gasteiger partial charge is 0.379 e. The highest BCUT2D eigenvalue weighted by atomic mass is 19.4. The molecule has 0 spiro atoms. The number of aryl methyl sites for hydroxylation is 1. The first-order valence-corrected chi connectivity index (χ1v) is 11.3. The molecular weight excluding hydrogens is 449 g/mol. The molecule has 34 heavy (non-hydrogen) atoms. The fraction of sp³-hybridized carbons (Fsp3) is 0.478. The molecule has 2 aliphatic heterocycles. The van der Waals surface area contributed by atoms with Crippen LogP contribution in [0, 0.1) is 6.92 Å². The number of rotatable bonds is 3. The van der Waals surface area contributed by atoms with E-state index in [4.69, 9.17) is 9.72 Å². The highest BCUT2D eigenvalue weighted by molar-refractivity contribution is 5.88. The zero-order valence-electron chi connectivity index (χ0n) is 19.0. The molecule has 0 radical (unpaired) electrons. The number of carbonyl (C=O) groups excluding carboxylic acids is 1. The molecule has 180 valence electrons. The molecule has 2 aliphatic rings. The zero-order valence-corrected chi connectivity index (χ0v) is 19.0. The number of benzene rings is 1. The van der Waals surface area contributed by atoms with Crippen molar-refractivity contribution in [1.29, 1.82) is 0 Å². The van der Waals surface area contributed by atoms with E-state index in [-0.39, 0.29) is 23.3 Å². The van der Waals surface area contributed by atoms with E-state index in [1.54, 1.807) is 29.4 Å². The van der Waals surface area contributed by atoms with Crippen molar-refractivity contribution >= 4 is 22.9 Å². The van der Waals surface area contributed by atoms with Crippen LogP contribution < -0.4 is 4.90 Å². The van der Waals surface area contributed by atoms with Crippen molar-refractivity contribution in [1.82, 2.24) is 24.4 Å². The summed E-state index contributed by atoms with van der Waals surface area (Å²) in [5, 5.41) is 0. The van der Waals surface area contributed by atoms with Gasteiger partial charge in [0.25, 0.3) is 0 Å². The molecule has 1 aromatic carbocycles. The Morgan fingerprint density at radius 1 is 1.09 bits per heavy atom. The Morgan fingerprint density at radius 2 is 1.82 bits per heavy atom. The van der Waals surface area contributed by atoms with Gasteiger partial charge in [-0.3, -0.25) is 4.79 Å². The minimum atomic E-state index is -4.53. The third-order valence-electron chi connectivity index (χ3n) is 6.40. The van der Waals surface area contributed by atoms with Crippen LogP contribution in [0.25, 0.3) is 22.6 Å². The van der Waals surface area contributed by atoms with Crippen molar-refractivity contribution in [3.8, 4) is 11.4 Å². The number of nitrogens with zero attached hydrogens (tertiary/aromatic N) is 6. The predicted molar refractivity (Wildman–Crippen MR) is 119 cm³/mol. The Kier molecular flexibility index (Phi) is 5.67.